The molecule has 14 heavy (non-hydrogen) atoms. The molecule has 0 spiro atoms. The molecule has 1 N–H and O–H groups in total. The average Bonchev–Trinajstić information content (AvgIpc) is 2.12. The van der Waals surface area contributed by atoms with E-state index < -0.39 is 25.1 Å². The number of rotatable bonds is 6. The smallest absolute Gasteiger partial charge is 0.330 e. The largest absolute Gasteiger partial charge is 0.370 e. The van der Waals surface area contributed by atoms with Crippen LogP contribution in [0.4, 0.5) is 17.6 Å². The van der Waals surface area contributed by atoms with Crippen LogP contribution in [0.3, 0.4) is 0 Å². The van der Waals surface area contributed by atoms with Gasteiger partial charge in [-0.15, -0.1) is 0 Å². The Morgan fingerprint density at radius 2 is 1.79 bits per heavy atom. The Labute approximate surface area is 80.6 Å². The highest BCUT2D eigenvalue weighted by molar-refractivity contribution is 4.71. The van der Waals surface area contributed by atoms with Gasteiger partial charge in [-0.25, -0.2) is 8.78 Å². The normalized spacial score (nSPS) is 17.1. The van der Waals surface area contributed by atoms with Crippen LogP contribution in [-0.2, 0) is 4.74 Å². The van der Waals surface area contributed by atoms with Crippen LogP contribution in [0.15, 0.2) is 0 Å². The molecule has 0 aliphatic rings. The highest BCUT2D eigenvalue weighted by Gasteiger charge is 2.41. The SMILES string of the molecule is CNC(C)C(C)OCC(F)(F)C(F)F. The van der Waals surface area contributed by atoms with Gasteiger partial charge in [0.15, 0.2) is 0 Å². The minimum Gasteiger partial charge on any atom is -0.370 e. The number of hydrogen-bond acceptors (Lipinski definition) is 2. The van der Waals surface area contributed by atoms with Gasteiger partial charge in [0.1, 0.15) is 6.61 Å². The van der Waals surface area contributed by atoms with Crippen molar-refractivity contribution in [3.8, 4) is 0 Å². The molecule has 0 aliphatic carbocycles. The second-order valence-corrected chi connectivity index (χ2v) is 3.16. The quantitative estimate of drug-likeness (QED) is 0.686. The van der Waals surface area contributed by atoms with E-state index in [1.165, 1.54) is 0 Å². The second-order valence-electron chi connectivity index (χ2n) is 3.16. The second kappa shape index (κ2) is 5.50. The van der Waals surface area contributed by atoms with Crippen molar-refractivity contribution in [3.05, 3.63) is 0 Å². The number of halogens is 4. The lowest BCUT2D eigenvalue weighted by atomic mass is 10.2. The fourth-order valence-electron chi connectivity index (χ4n) is 0.685. The minimum atomic E-state index is -4.07. The number of hydrogen-bond donors (Lipinski definition) is 1. The predicted octanol–water partition coefficient (Wildman–Crippen LogP) is 1.90. The van der Waals surface area contributed by atoms with Crippen molar-refractivity contribution in [2.24, 2.45) is 0 Å². The van der Waals surface area contributed by atoms with E-state index >= 15 is 0 Å². The number of alkyl halides is 4. The fraction of sp³-hybridized carbons (Fsp3) is 1.00. The van der Waals surface area contributed by atoms with Gasteiger partial charge in [0, 0.05) is 6.04 Å². The van der Waals surface area contributed by atoms with Crippen LogP contribution in [0, 0.1) is 0 Å². The molecule has 0 aromatic heterocycles. The zero-order chi connectivity index (χ0) is 11.4. The van der Waals surface area contributed by atoms with Crippen molar-refractivity contribution in [2.75, 3.05) is 13.7 Å². The van der Waals surface area contributed by atoms with E-state index in [0.717, 1.165) is 0 Å². The number of likely N-dealkylation sites (N-methyl/N-ethyl adjacent to an activating group) is 1. The van der Waals surface area contributed by atoms with Crippen LogP contribution in [0.25, 0.3) is 0 Å². The third-order valence-electron chi connectivity index (χ3n) is 2.02. The van der Waals surface area contributed by atoms with E-state index in [9.17, 15) is 17.6 Å². The van der Waals surface area contributed by atoms with Crippen molar-refractivity contribution in [2.45, 2.75) is 38.3 Å². The summed E-state index contributed by atoms with van der Waals surface area (Å²) in [5.74, 6) is -4.07. The molecule has 2 nitrogen and oxygen atoms in total. The van der Waals surface area contributed by atoms with E-state index in [0.29, 0.717) is 0 Å². The Morgan fingerprint density at radius 1 is 1.29 bits per heavy atom. The predicted molar refractivity (Wildman–Crippen MR) is 44.9 cm³/mol. The third-order valence-corrected chi connectivity index (χ3v) is 2.02. The summed E-state index contributed by atoms with van der Waals surface area (Å²) in [5, 5.41) is 2.77. The summed E-state index contributed by atoms with van der Waals surface area (Å²) in [7, 11) is 1.63. The summed E-state index contributed by atoms with van der Waals surface area (Å²) in [4.78, 5) is 0. The molecule has 0 rings (SSSR count). The van der Waals surface area contributed by atoms with Gasteiger partial charge in [0.2, 0.25) is 0 Å². The topological polar surface area (TPSA) is 21.3 Å². The molecular weight excluding hydrogens is 202 g/mol. The highest BCUT2D eigenvalue weighted by Crippen LogP contribution is 2.23. The molecule has 0 saturated carbocycles. The lowest BCUT2D eigenvalue weighted by molar-refractivity contribution is -0.176. The maximum Gasteiger partial charge on any atom is 0.330 e. The molecule has 0 bridgehead atoms. The summed E-state index contributed by atoms with van der Waals surface area (Å²) in [6, 6.07) is -0.163. The Balaban J connectivity index is 3.93. The van der Waals surface area contributed by atoms with Crippen LogP contribution in [-0.4, -0.2) is 38.1 Å². The van der Waals surface area contributed by atoms with Crippen molar-refractivity contribution >= 4 is 0 Å². The molecule has 0 amide bonds. The van der Waals surface area contributed by atoms with Gasteiger partial charge in [-0.05, 0) is 20.9 Å². The molecule has 0 heterocycles. The molecule has 2 unspecified atom stereocenters. The van der Waals surface area contributed by atoms with Gasteiger partial charge in [0.05, 0.1) is 6.10 Å². The zero-order valence-electron chi connectivity index (χ0n) is 8.36. The Bertz CT molecular complexity index is 165. The first-order valence-electron chi connectivity index (χ1n) is 4.26. The van der Waals surface area contributed by atoms with E-state index in [1.54, 1.807) is 20.9 Å². The van der Waals surface area contributed by atoms with Gasteiger partial charge in [-0.1, -0.05) is 0 Å². The molecule has 0 aromatic carbocycles. The Hall–Kier alpha value is -0.360. The summed E-state index contributed by atoms with van der Waals surface area (Å²) in [6.45, 7) is 2.01. The summed E-state index contributed by atoms with van der Waals surface area (Å²) < 4.78 is 52.8. The van der Waals surface area contributed by atoms with Crippen molar-refractivity contribution in [1.82, 2.24) is 5.32 Å². The van der Waals surface area contributed by atoms with Crippen LogP contribution in [0.2, 0.25) is 0 Å². The third kappa shape index (κ3) is 4.23. The van der Waals surface area contributed by atoms with Crippen LogP contribution >= 0.6 is 0 Å². The summed E-state index contributed by atoms with van der Waals surface area (Å²) >= 11 is 0. The van der Waals surface area contributed by atoms with E-state index in [1.807, 2.05) is 0 Å². The van der Waals surface area contributed by atoms with Gasteiger partial charge in [-0.2, -0.15) is 8.78 Å². The standard InChI is InChI=1S/C8H15F4NO/c1-5(13-3)6(2)14-4-8(11,12)7(9)10/h5-7,13H,4H2,1-3H3. The summed E-state index contributed by atoms with van der Waals surface area (Å²) in [5.41, 5.74) is 0. The fourth-order valence-corrected chi connectivity index (χ4v) is 0.685. The molecule has 2 atom stereocenters. The van der Waals surface area contributed by atoms with E-state index in [-0.39, 0.29) is 6.04 Å². The maximum atomic E-state index is 12.4. The van der Waals surface area contributed by atoms with Gasteiger partial charge >= 0.3 is 12.3 Å². The van der Waals surface area contributed by atoms with Crippen molar-refractivity contribution in [1.29, 1.82) is 0 Å². The van der Waals surface area contributed by atoms with Gasteiger partial charge in [0.25, 0.3) is 0 Å². The highest BCUT2D eigenvalue weighted by atomic mass is 19.3. The van der Waals surface area contributed by atoms with Crippen LogP contribution in [0.1, 0.15) is 13.8 Å². The zero-order valence-corrected chi connectivity index (χ0v) is 8.36. The molecule has 0 radical (unpaired) electrons. The van der Waals surface area contributed by atoms with Gasteiger partial charge in [-0.3, -0.25) is 0 Å². The molecule has 86 valence electrons. The molecule has 0 saturated heterocycles. The first-order chi connectivity index (χ1) is 6.31. The molecule has 0 aromatic rings. The first-order valence-corrected chi connectivity index (χ1v) is 4.26. The van der Waals surface area contributed by atoms with Crippen molar-refractivity contribution < 1.29 is 22.3 Å². The minimum absolute atomic E-state index is 0.163. The van der Waals surface area contributed by atoms with Gasteiger partial charge < -0.3 is 10.1 Å². The Kier molecular flexibility index (Phi) is 5.36. The molecule has 0 fully saturated rings. The molecule has 0 aliphatic heterocycles. The van der Waals surface area contributed by atoms with Crippen LogP contribution < -0.4 is 5.32 Å². The molecule has 6 heteroatoms. The number of nitrogens with one attached hydrogen (secondary N) is 1. The molecular formula is C8H15F4NO. The van der Waals surface area contributed by atoms with Crippen molar-refractivity contribution in [3.63, 3.8) is 0 Å². The van der Waals surface area contributed by atoms with E-state index in [4.69, 9.17) is 0 Å². The summed E-state index contributed by atoms with van der Waals surface area (Å²) in [6.07, 6.45) is -4.22. The van der Waals surface area contributed by atoms with Crippen LogP contribution in [0.5, 0.6) is 0 Å². The lowest BCUT2D eigenvalue weighted by Gasteiger charge is -2.23. The average molecular weight is 217 g/mol. The van der Waals surface area contributed by atoms with E-state index in [2.05, 4.69) is 10.1 Å². The Morgan fingerprint density at radius 3 is 2.14 bits per heavy atom. The monoisotopic (exact) mass is 217 g/mol. The maximum absolute atomic E-state index is 12.4. The lowest BCUT2D eigenvalue weighted by Crippen LogP contribution is -2.40. The number of ether oxygens (including phenoxy) is 1. The first kappa shape index (κ1) is 13.6.